The number of halogens is 2. The van der Waals surface area contributed by atoms with Crippen LogP contribution in [0.3, 0.4) is 0 Å². The Morgan fingerprint density at radius 1 is 0.906 bits per heavy atom. The molecule has 5 nitrogen and oxygen atoms in total. The highest BCUT2D eigenvalue weighted by Crippen LogP contribution is 2.29. The monoisotopic (exact) mass is 482 g/mol. The molecule has 0 saturated carbocycles. The second-order valence-electron chi connectivity index (χ2n) is 7.23. The molecule has 0 spiro atoms. The first kappa shape index (κ1) is 22.4. The Kier molecular flexibility index (Phi) is 6.84. The first-order chi connectivity index (χ1) is 15.4. The lowest BCUT2D eigenvalue weighted by Crippen LogP contribution is -2.16. The number of amides is 1. The summed E-state index contributed by atoms with van der Waals surface area (Å²) >= 11 is 13.4. The van der Waals surface area contributed by atoms with Crippen LogP contribution in [0.2, 0.25) is 10.0 Å². The molecule has 1 heterocycles. The van der Waals surface area contributed by atoms with Crippen molar-refractivity contribution in [3.8, 4) is 17.1 Å². The molecule has 4 rings (SSSR count). The van der Waals surface area contributed by atoms with Gasteiger partial charge in [-0.2, -0.15) is 0 Å². The zero-order valence-corrected chi connectivity index (χ0v) is 19.8. The molecule has 162 valence electrons. The molecule has 1 amide bonds. The van der Waals surface area contributed by atoms with Crippen molar-refractivity contribution in [3.05, 3.63) is 87.9 Å². The van der Waals surface area contributed by atoms with Gasteiger partial charge in [0.05, 0.1) is 5.75 Å². The number of carbonyl (C=O) groups is 1. The number of hydrogen-bond acceptors (Lipinski definition) is 4. The van der Waals surface area contributed by atoms with E-state index in [9.17, 15) is 4.79 Å². The number of aryl methyl sites for hydroxylation is 2. The zero-order chi connectivity index (χ0) is 22.7. The van der Waals surface area contributed by atoms with Crippen molar-refractivity contribution in [3.63, 3.8) is 0 Å². The Balaban J connectivity index is 1.61. The van der Waals surface area contributed by atoms with Crippen molar-refractivity contribution in [1.29, 1.82) is 0 Å². The lowest BCUT2D eigenvalue weighted by molar-refractivity contribution is -0.113. The average Bonchev–Trinajstić information content (AvgIpc) is 3.20. The summed E-state index contributed by atoms with van der Waals surface area (Å²) in [5, 5.41) is 13.6. The molecule has 0 saturated heterocycles. The molecule has 4 aromatic rings. The standard InChI is InChI=1S/C24H20Cl2N4OS/c1-15-4-3-5-16(2)22(15)27-21(31)14-32-24-29-28-23(17-6-8-18(25)9-7-17)30(24)20-12-10-19(26)11-13-20/h3-13H,14H2,1-2H3,(H,27,31). The van der Waals surface area contributed by atoms with Crippen molar-refractivity contribution in [2.75, 3.05) is 11.1 Å². The Morgan fingerprint density at radius 3 is 2.12 bits per heavy atom. The van der Waals surface area contributed by atoms with Crippen LogP contribution in [0, 0.1) is 13.8 Å². The normalized spacial score (nSPS) is 10.9. The number of carbonyl (C=O) groups excluding carboxylic acids is 1. The fourth-order valence-corrected chi connectivity index (χ4v) is 4.29. The quantitative estimate of drug-likeness (QED) is 0.315. The molecule has 0 aliphatic heterocycles. The summed E-state index contributed by atoms with van der Waals surface area (Å²) in [4.78, 5) is 12.7. The van der Waals surface area contributed by atoms with Gasteiger partial charge in [0.1, 0.15) is 0 Å². The summed E-state index contributed by atoms with van der Waals surface area (Å²) in [7, 11) is 0. The molecule has 8 heteroatoms. The van der Waals surface area contributed by atoms with Crippen LogP contribution in [0.4, 0.5) is 5.69 Å². The predicted molar refractivity (Wildman–Crippen MR) is 132 cm³/mol. The lowest BCUT2D eigenvalue weighted by Gasteiger charge is -2.12. The van der Waals surface area contributed by atoms with Gasteiger partial charge in [0, 0.05) is 27.0 Å². The van der Waals surface area contributed by atoms with E-state index >= 15 is 0 Å². The largest absolute Gasteiger partial charge is 0.325 e. The molecular formula is C24H20Cl2N4OS. The van der Waals surface area contributed by atoms with E-state index in [1.54, 1.807) is 0 Å². The number of aromatic nitrogens is 3. The SMILES string of the molecule is Cc1cccc(C)c1NC(=O)CSc1nnc(-c2ccc(Cl)cc2)n1-c1ccc(Cl)cc1. The summed E-state index contributed by atoms with van der Waals surface area (Å²) in [6, 6.07) is 20.7. The van der Waals surface area contributed by atoms with Crippen LogP contribution in [0.1, 0.15) is 11.1 Å². The number of rotatable bonds is 6. The third-order valence-corrected chi connectivity index (χ3v) is 6.33. The van der Waals surface area contributed by atoms with Crippen LogP contribution in [-0.2, 0) is 4.79 Å². The average molecular weight is 483 g/mol. The molecule has 0 aliphatic rings. The fraction of sp³-hybridized carbons (Fsp3) is 0.125. The van der Waals surface area contributed by atoms with Crippen molar-refractivity contribution in [2.24, 2.45) is 0 Å². The molecule has 0 fully saturated rings. The maximum absolute atomic E-state index is 12.7. The van der Waals surface area contributed by atoms with E-state index in [2.05, 4.69) is 15.5 Å². The summed E-state index contributed by atoms with van der Waals surface area (Å²) in [6.07, 6.45) is 0. The van der Waals surface area contributed by atoms with Gasteiger partial charge in [-0.15, -0.1) is 10.2 Å². The lowest BCUT2D eigenvalue weighted by atomic mass is 10.1. The van der Waals surface area contributed by atoms with Crippen LogP contribution in [0.15, 0.2) is 71.9 Å². The number of thioether (sulfide) groups is 1. The van der Waals surface area contributed by atoms with E-state index in [4.69, 9.17) is 23.2 Å². The molecule has 0 bridgehead atoms. The number of nitrogens with one attached hydrogen (secondary N) is 1. The molecule has 0 radical (unpaired) electrons. The van der Waals surface area contributed by atoms with Crippen LogP contribution in [-0.4, -0.2) is 26.4 Å². The number of hydrogen-bond donors (Lipinski definition) is 1. The summed E-state index contributed by atoms with van der Waals surface area (Å²) in [6.45, 7) is 3.95. The smallest absolute Gasteiger partial charge is 0.234 e. The molecule has 0 atom stereocenters. The van der Waals surface area contributed by atoms with Crippen LogP contribution >= 0.6 is 35.0 Å². The highest BCUT2D eigenvalue weighted by Gasteiger charge is 2.18. The minimum absolute atomic E-state index is 0.105. The minimum atomic E-state index is -0.105. The van der Waals surface area contributed by atoms with Gasteiger partial charge in [-0.1, -0.05) is 53.2 Å². The summed E-state index contributed by atoms with van der Waals surface area (Å²) < 4.78 is 1.91. The summed E-state index contributed by atoms with van der Waals surface area (Å²) in [5.74, 6) is 0.743. The molecule has 3 aromatic carbocycles. The van der Waals surface area contributed by atoms with E-state index in [0.29, 0.717) is 21.0 Å². The molecular weight excluding hydrogens is 463 g/mol. The van der Waals surface area contributed by atoms with Gasteiger partial charge in [-0.3, -0.25) is 9.36 Å². The van der Waals surface area contributed by atoms with Gasteiger partial charge in [0.2, 0.25) is 5.91 Å². The van der Waals surface area contributed by atoms with Gasteiger partial charge in [-0.05, 0) is 73.5 Å². The molecule has 0 aliphatic carbocycles. The van der Waals surface area contributed by atoms with Crippen LogP contribution in [0.25, 0.3) is 17.1 Å². The minimum Gasteiger partial charge on any atom is -0.325 e. The highest BCUT2D eigenvalue weighted by molar-refractivity contribution is 7.99. The van der Waals surface area contributed by atoms with Gasteiger partial charge in [0.25, 0.3) is 0 Å². The second kappa shape index (κ2) is 9.77. The van der Waals surface area contributed by atoms with Gasteiger partial charge in [0.15, 0.2) is 11.0 Å². The van der Waals surface area contributed by atoms with E-state index < -0.39 is 0 Å². The fourth-order valence-electron chi connectivity index (χ4n) is 3.29. The van der Waals surface area contributed by atoms with Gasteiger partial charge < -0.3 is 5.32 Å². The van der Waals surface area contributed by atoms with E-state index in [1.807, 2.05) is 85.1 Å². The highest BCUT2D eigenvalue weighted by atomic mass is 35.5. The van der Waals surface area contributed by atoms with E-state index in [1.165, 1.54) is 11.8 Å². The van der Waals surface area contributed by atoms with Crippen molar-refractivity contribution < 1.29 is 4.79 Å². The molecule has 32 heavy (non-hydrogen) atoms. The van der Waals surface area contributed by atoms with Crippen molar-refractivity contribution in [2.45, 2.75) is 19.0 Å². The first-order valence-corrected chi connectivity index (χ1v) is 11.6. The third kappa shape index (κ3) is 4.99. The number of anilines is 1. The number of benzene rings is 3. The first-order valence-electron chi connectivity index (χ1n) is 9.88. The molecule has 1 N–H and O–H groups in total. The van der Waals surface area contributed by atoms with Crippen LogP contribution < -0.4 is 5.32 Å². The van der Waals surface area contributed by atoms with E-state index in [-0.39, 0.29) is 11.7 Å². The van der Waals surface area contributed by atoms with Gasteiger partial charge in [-0.25, -0.2) is 0 Å². The van der Waals surface area contributed by atoms with Gasteiger partial charge >= 0.3 is 0 Å². The number of nitrogens with zero attached hydrogens (tertiary/aromatic N) is 3. The maximum Gasteiger partial charge on any atom is 0.234 e. The Bertz CT molecular complexity index is 1230. The molecule has 1 aromatic heterocycles. The van der Waals surface area contributed by atoms with E-state index in [0.717, 1.165) is 28.1 Å². The van der Waals surface area contributed by atoms with Crippen molar-refractivity contribution in [1.82, 2.24) is 14.8 Å². The Labute approximate surface area is 200 Å². The summed E-state index contributed by atoms with van der Waals surface area (Å²) in [5.41, 5.74) is 4.61. The second-order valence-corrected chi connectivity index (χ2v) is 9.04. The Hall–Kier alpha value is -2.80. The topological polar surface area (TPSA) is 59.8 Å². The third-order valence-electron chi connectivity index (χ3n) is 4.90. The maximum atomic E-state index is 12.7. The predicted octanol–water partition coefficient (Wildman–Crippen LogP) is 6.59. The number of para-hydroxylation sites is 1. The zero-order valence-electron chi connectivity index (χ0n) is 17.5. The molecule has 0 unspecified atom stereocenters. The van der Waals surface area contributed by atoms with Crippen LogP contribution in [0.5, 0.6) is 0 Å². The van der Waals surface area contributed by atoms with Crippen molar-refractivity contribution >= 4 is 46.6 Å². The Morgan fingerprint density at radius 2 is 1.50 bits per heavy atom.